The molecule has 0 aromatic rings. The molecule has 1 aliphatic carbocycles. The zero-order valence-electron chi connectivity index (χ0n) is 28.4. The Balaban J connectivity index is 0. The van der Waals surface area contributed by atoms with Crippen LogP contribution in [-0.2, 0) is 42.9 Å². The molecule has 1 fully saturated rings. The number of alkyl halides is 22. The summed E-state index contributed by atoms with van der Waals surface area (Å²) in [4.78, 5) is 12.3. The fourth-order valence-electron chi connectivity index (χ4n) is 3.19. The van der Waals surface area contributed by atoms with Gasteiger partial charge in [0.15, 0.2) is 12.7 Å². The summed E-state index contributed by atoms with van der Waals surface area (Å²) in [5.74, 6) is -15.4. The second-order valence-electron chi connectivity index (χ2n) is 10.7. The van der Waals surface area contributed by atoms with Gasteiger partial charge in [0.1, 0.15) is 38.8 Å². The number of hydrogen-bond acceptors (Lipinski definition) is 9. The summed E-state index contributed by atoms with van der Waals surface area (Å²) in [6.07, 6.45) is -47.5. The Morgan fingerprint density at radius 1 is 0.667 bits per heavy atom. The van der Waals surface area contributed by atoms with Gasteiger partial charge in [-0.1, -0.05) is 6.92 Å². The molecule has 0 aromatic heterocycles. The van der Waals surface area contributed by atoms with Crippen molar-refractivity contribution in [2.45, 2.75) is 113 Å². The average Bonchev–Trinajstić information content (AvgIpc) is 2.92. The molecule has 9 nitrogen and oxygen atoms in total. The van der Waals surface area contributed by atoms with E-state index in [1.807, 2.05) is 0 Å². The van der Waals surface area contributed by atoms with Crippen LogP contribution in [0.25, 0.3) is 0 Å². The quantitative estimate of drug-likeness (QED) is 0.0635. The molecule has 0 spiro atoms. The maximum absolute atomic E-state index is 13.8. The molecule has 0 bridgehead atoms. The molecular weight excluding hydrogens is 881 g/mol. The normalized spacial score (nSPS) is 18.5. The van der Waals surface area contributed by atoms with E-state index in [0.717, 1.165) is 6.92 Å². The molecule has 1 saturated carbocycles. The minimum absolute atomic E-state index is 0.0189. The zero-order chi connectivity index (χ0) is 45.8. The van der Waals surface area contributed by atoms with Crippen molar-refractivity contribution >= 4 is 5.97 Å². The van der Waals surface area contributed by atoms with Crippen molar-refractivity contribution in [2.24, 2.45) is 0 Å². The summed E-state index contributed by atoms with van der Waals surface area (Å²) in [5, 5.41) is 0. The van der Waals surface area contributed by atoms with Crippen LogP contribution in [0.15, 0.2) is 0 Å². The predicted molar refractivity (Wildman–Crippen MR) is 134 cm³/mol. The number of halogens is 23. The number of carbonyl (C=O) groups excluding carboxylic acids is 1. The molecule has 2 atom stereocenters. The summed E-state index contributed by atoms with van der Waals surface area (Å²) in [6, 6.07) is 0. The van der Waals surface area contributed by atoms with Crippen molar-refractivity contribution in [3.63, 3.8) is 0 Å². The molecule has 0 N–H and O–H groups in total. The third-order valence-corrected chi connectivity index (χ3v) is 5.46. The maximum Gasteiger partial charge on any atom is 0.495 e. The molecule has 0 aromatic carbocycles. The summed E-state index contributed by atoms with van der Waals surface area (Å²) in [5.41, 5.74) is 0. The maximum atomic E-state index is 13.8. The lowest BCUT2D eigenvalue weighted by atomic mass is 9.86. The van der Waals surface area contributed by atoms with E-state index < -0.39 is 131 Å². The Kier molecular flexibility index (Phi) is 21.1. The van der Waals surface area contributed by atoms with Gasteiger partial charge in [-0.2, -0.15) is 75.2 Å². The van der Waals surface area contributed by atoms with E-state index in [4.69, 9.17) is 0 Å². The number of esters is 1. The van der Waals surface area contributed by atoms with Crippen molar-refractivity contribution < 1.29 is 144 Å². The highest BCUT2D eigenvalue weighted by Gasteiger charge is 2.64. The minimum Gasteiger partial charge on any atom is -0.466 e. The second kappa shape index (κ2) is 21.2. The van der Waals surface area contributed by atoms with Crippen LogP contribution in [0.2, 0.25) is 0 Å². The Labute approximate surface area is 303 Å². The zero-order valence-corrected chi connectivity index (χ0v) is 28.4. The lowest BCUT2D eigenvalue weighted by Gasteiger charge is -2.45. The number of ether oxygens (including phenoxy) is 7. The fraction of sp³-hybridized carbons (Fsp3) is 0.960. The van der Waals surface area contributed by atoms with Gasteiger partial charge in [0.25, 0.3) is 11.8 Å². The van der Waals surface area contributed by atoms with Crippen LogP contribution >= 0.6 is 0 Å². The molecule has 2 unspecified atom stereocenters. The molecule has 0 heterocycles. The van der Waals surface area contributed by atoms with Crippen molar-refractivity contribution in [3.05, 3.63) is 0 Å². The molecule has 0 saturated heterocycles. The Morgan fingerprint density at radius 3 is 1.53 bits per heavy atom. The van der Waals surface area contributed by atoms with Crippen molar-refractivity contribution in [1.29, 1.82) is 0 Å². The Morgan fingerprint density at radius 2 is 1.16 bits per heavy atom. The topological polar surface area (TPSA) is 90.9 Å². The van der Waals surface area contributed by atoms with E-state index in [2.05, 4.69) is 38.1 Å². The predicted octanol–water partition coefficient (Wildman–Crippen LogP) is 9.44. The van der Waals surface area contributed by atoms with E-state index in [1.165, 1.54) is 6.92 Å². The van der Waals surface area contributed by atoms with Gasteiger partial charge in [-0.15, -0.1) is 8.78 Å². The molecule has 57 heavy (non-hydrogen) atoms. The van der Waals surface area contributed by atoms with Crippen LogP contribution in [0.4, 0.5) is 101 Å². The lowest BCUT2D eigenvalue weighted by molar-refractivity contribution is -0.518. The number of rotatable bonds is 21. The highest BCUT2D eigenvalue weighted by molar-refractivity contribution is 5.70. The third kappa shape index (κ3) is 24.3. The van der Waals surface area contributed by atoms with Crippen LogP contribution in [0.3, 0.4) is 0 Å². The first-order chi connectivity index (χ1) is 25.1. The van der Waals surface area contributed by atoms with Gasteiger partial charge in [-0.25, -0.2) is 27.0 Å². The Bertz CT molecular complexity index is 1180. The van der Waals surface area contributed by atoms with Gasteiger partial charge in [0.05, 0.1) is 6.61 Å². The van der Waals surface area contributed by atoms with E-state index >= 15 is 0 Å². The van der Waals surface area contributed by atoms with Crippen LogP contribution in [0.5, 0.6) is 0 Å². The molecule has 344 valence electrons. The minimum atomic E-state index is -5.75. The van der Waals surface area contributed by atoms with E-state index in [1.54, 1.807) is 0 Å². The smallest absolute Gasteiger partial charge is 0.466 e. The van der Waals surface area contributed by atoms with E-state index in [-0.39, 0.29) is 6.61 Å². The molecule has 0 amide bonds. The third-order valence-electron chi connectivity index (χ3n) is 5.46. The van der Waals surface area contributed by atoms with E-state index in [9.17, 15) is 106 Å². The van der Waals surface area contributed by atoms with Gasteiger partial charge >= 0.3 is 55.0 Å². The highest BCUT2D eigenvalue weighted by atomic mass is 19.4. The van der Waals surface area contributed by atoms with Gasteiger partial charge in [-0.3, -0.25) is 4.79 Å². The molecule has 0 aliphatic heterocycles. The molecular formula is C25H29F23O9. The summed E-state index contributed by atoms with van der Waals surface area (Å²) in [6.45, 7) is -6.73. The first-order valence-corrected chi connectivity index (χ1v) is 14.5. The number of methoxy groups -OCH3 is 1. The molecule has 1 rings (SSSR count). The van der Waals surface area contributed by atoms with Crippen LogP contribution in [0.1, 0.15) is 39.5 Å². The first kappa shape index (κ1) is 56.7. The SMILES string of the molecule is CCC(F)(F)OC1CC(F)(F)C1OC(F)(F)CC(F)(F)COCC(F)(F)OC(F)(F)OC(F)(F)COC.CCOC(=O)CC(F)(F)F.FOCC(F)(F)C(F)(F)F. The van der Waals surface area contributed by atoms with Gasteiger partial charge in [0, 0.05) is 20.0 Å². The van der Waals surface area contributed by atoms with Crippen molar-refractivity contribution in [3.8, 4) is 0 Å². The molecule has 32 heteroatoms. The standard InChI is InChI=1S/C17H20F14O6.C5H7F3O2.C3H2F6O/c1-3-13(22,23)34-9-4-12(20,21)10(9)35-14(24,25)5-11(18,19)6-33-8-16(28,29)37-17(30,31)36-15(26,27)7-32-2;1-2-10-4(9)3-5(6,7)8;4-2(5,1-10-9)3(6,7)8/h9-10H,3-8H2,1-2H3;2-3H2,1H3;1H2. The van der Waals surface area contributed by atoms with Crippen molar-refractivity contribution in [2.75, 3.05) is 40.1 Å². The van der Waals surface area contributed by atoms with Gasteiger partial charge in [-0.05, 0) is 11.4 Å². The van der Waals surface area contributed by atoms with Gasteiger partial charge < -0.3 is 23.7 Å². The number of carbonyl (C=O) groups is 1. The summed E-state index contributed by atoms with van der Waals surface area (Å²) >= 11 is 0. The lowest BCUT2D eigenvalue weighted by Crippen LogP contribution is -2.62. The van der Waals surface area contributed by atoms with Crippen molar-refractivity contribution in [1.82, 2.24) is 0 Å². The Hall–Kier alpha value is -2.42. The molecule has 1 aliphatic rings. The average molecular weight is 910 g/mol. The largest absolute Gasteiger partial charge is 0.495 e. The summed E-state index contributed by atoms with van der Waals surface area (Å²) < 4.78 is 312. The summed E-state index contributed by atoms with van der Waals surface area (Å²) in [7, 11) is 0.613. The van der Waals surface area contributed by atoms with Crippen LogP contribution in [-0.4, -0.2) is 119 Å². The fourth-order valence-corrected chi connectivity index (χ4v) is 3.19. The highest BCUT2D eigenvalue weighted by Crippen LogP contribution is 2.48. The van der Waals surface area contributed by atoms with Crippen LogP contribution < -0.4 is 0 Å². The first-order valence-electron chi connectivity index (χ1n) is 14.5. The van der Waals surface area contributed by atoms with E-state index in [0.29, 0.717) is 7.11 Å². The molecule has 0 radical (unpaired) electrons. The monoisotopic (exact) mass is 910 g/mol. The van der Waals surface area contributed by atoms with Crippen LogP contribution in [0, 0.1) is 0 Å². The second-order valence-corrected chi connectivity index (χ2v) is 10.7. The van der Waals surface area contributed by atoms with Gasteiger partial charge in [0.2, 0.25) is 0 Å². The number of hydrogen-bond donors (Lipinski definition) is 0.